The molecule has 0 amide bonds. The molecule has 2 aromatic rings. The maximum absolute atomic E-state index is 5.38. The van der Waals surface area contributed by atoms with E-state index in [1.165, 1.54) is 5.69 Å². The molecule has 0 atom stereocenters. The minimum absolute atomic E-state index is 0.764. The molecule has 126 valence electrons. The normalized spacial score (nSPS) is 18.8. The molecule has 0 aliphatic carbocycles. The first-order valence-corrected chi connectivity index (χ1v) is 8.46. The summed E-state index contributed by atoms with van der Waals surface area (Å²) in [5.41, 5.74) is 1.23. The summed E-state index contributed by atoms with van der Waals surface area (Å²) in [6, 6.07) is 8.28. The van der Waals surface area contributed by atoms with Crippen molar-refractivity contribution < 1.29 is 4.74 Å². The number of pyridine rings is 1. The second kappa shape index (κ2) is 7.00. The highest BCUT2D eigenvalue weighted by Gasteiger charge is 2.19. The van der Waals surface area contributed by atoms with Gasteiger partial charge in [-0.25, -0.2) is 0 Å². The molecule has 2 aliphatic heterocycles. The van der Waals surface area contributed by atoms with Crippen molar-refractivity contribution in [2.24, 2.45) is 0 Å². The van der Waals surface area contributed by atoms with Gasteiger partial charge in [0.05, 0.1) is 13.2 Å². The van der Waals surface area contributed by atoms with E-state index in [-0.39, 0.29) is 0 Å². The van der Waals surface area contributed by atoms with Gasteiger partial charge in [0, 0.05) is 57.3 Å². The molecule has 0 spiro atoms. The number of piperazine rings is 1. The topological polar surface area (TPSA) is 57.6 Å². The van der Waals surface area contributed by atoms with E-state index in [0.717, 1.165) is 64.1 Å². The number of nitrogens with zero attached hydrogens (tertiary/aromatic N) is 6. The minimum atomic E-state index is 0.764. The van der Waals surface area contributed by atoms with Crippen LogP contribution in [0.3, 0.4) is 0 Å². The largest absolute Gasteiger partial charge is 0.378 e. The Morgan fingerprint density at radius 3 is 1.79 bits per heavy atom. The predicted molar refractivity (Wildman–Crippen MR) is 93.7 cm³/mol. The maximum Gasteiger partial charge on any atom is 0.151 e. The van der Waals surface area contributed by atoms with E-state index in [1.54, 1.807) is 0 Å². The lowest BCUT2D eigenvalue weighted by atomic mass is 10.2. The molecular weight excluding hydrogens is 304 g/mol. The van der Waals surface area contributed by atoms with Gasteiger partial charge in [0.25, 0.3) is 0 Å². The fourth-order valence-electron chi connectivity index (χ4n) is 3.20. The van der Waals surface area contributed by atoms with Crippen molar-refractivity contribution in [3.63, 3.8) is 0 Å². The smallest absolute Gasteiger partial charge is 0.151 e. The number of anilines is 3. The third kappa shape index (κ3) is 3.26. The third-order valence-corrected chi connectivity index (χ3v) is 4.60. The number of ether oxygens (including phenoxy) is 1. The van der Waals surface area contributed by atoms with E-state index in [1.807, 2.05) is 12.4 Å². The molecule has 7 nitrogen and oxygen atoms in total. The van der Waals surface area contributed by atoms with Crippen molar-refractivity contribution in [3.05, 3.63) is 36.7 Å². The van der Waals surface area contributed by atoms with Gasteiger partial charge in [-0.2, -0.15) is 0 Å². The third-order valence-electron chi connectivity index (χ3n) is 4.60. The molecule has 4 rings (SSSR count). The Balaban J connectivity index is 1.37. The minimum Gasteiger partial charge on any atom is -0.378 e. The van der Waals surface area contributed by atoms with E-state index in [2.05, 4.69) is 54.1 Å². The van der Waals surface area contributed by atoms with Gasteiger partial charge in [0.1, 0.15) is 0 Å². The fraction of sp³-hybridized carbons (Fsp3) is 0.471. The number of aromatic nitrogens is 3. The van der Waals surface area contributed by atoms with Crippen molar-refractivity contribution in [1.82, 2.24) is 15.2 Å². The Kier molecular flexibility index (Phi) is 4.42. The van der Waals surface area contributed by atoms with Gasteiger partial charge < -0.3 is 19.4 Å². The lowest BCUT2D eigenvalue weighted by Crippen LogP contribution is -2.47. The van der Waals surface area contributed by atoms with Crippen molar-refractivity contribution >= 4 is 17.3 Å². The Labute approximate surface area is 141 Å². The molecule has 2 aromatic heterocycles. The SMILES string of the molecule is c1cc(N2CCN(c3ccc(N4CCOCC4)nn3)CC2)ccn1. The lowest BCUT2D eigenvalue weighted by molar-refractivity contribution is 0.122. The Bertz CT molecular complexity index is 636. The van der Waals surface area contributed by atoms with Crippen molar-refractivity contribution in [2.45, 2.75) is 0 Å². The van der Waals surface area contributed by atoms with E-state index >= 15 is 0 Å². The molecule has 24 heavy (non-hydrogen) atoms. The van der Waals surface area contributed by atoms with Gasteiger partial charge in [-0.15, -0.1) is 10.2 Å². The van der Waals surface area contributed by atoms with Gasteiger partial charge in [0.15, 0.2) is 11.6 Å². The number of hydrogen-bond donors (Lipinski definition) is 0. The quantitative estimate of drug-likeness (QED) is 0.835. The molecule has 0 aromatic carbocycles. The summed E-state index contributed by atoms with van der Waals surface area (Å²) in [7, 11) is 0. The van der Waals surface area contributed by atoms with E-state index in [0.29, 0.717) is 0 Å². The Morgan fingerprint density at radius 1 is 0.667 bits per heavy atom. The summed E-state index contributed by atoms with van der Waals surface area (Å²) >= 11 is 0. The van der Waals surface area contributed by atoms with Gasteiger partial charge >= 0.3 is 0 Å². The summed E-state index contributed by atoms with van der Waals surface area (Å²) in [5, 5.41) is 8.85. The van der Waals surface area contributed by atoms with Gasteiger partial charge in [-0.05, 0) is 24.3 Å². The second-order valence-electron chi connectivity index (χ2n) is 6.03. The van der Waals surface area contributed by atoms with Crippen LogP contribution in [0, 0.1) is 0 Å². The standard InChI is InChI=1S/C17H22N6O/c1-2-17(23-11-13-24-14-12-23)20-19-16(1)22-9-7-21(8-10-22)15-3-5-18-6-4-15/h1-6H,7-14H2. The van der Waals surface area contributed by atoms with Crippen LogP contribution in [-0.4, -0.2) is 67.7 Å². The molecule has 4 heterocycles. The van der Waals surface area contributed by atoms with Crippen LogP contribution in [0.25, 0.3) is 0 Å². The summed E-state index contributed by atoms with van der Waals surface area (Å²) < 4.78 is 5.38. The van der Waals surface area contributed by atoms with Crippen LogP contribution in [-0.2, 0) is 4.74 Å². The number of morpholine rings is 1. The van der Waals surface area contributed by atoms with E-state index in [4.69, 9.17) is 4.74 Å². The molecule has 0 saturated carbocycles. The molecule has 2 aliphatic rings. The summed E-state index contributed by atoms with van der Waals surface area (Å²) in [5.74, 6) is 1.90. The van der Waals surface area contributed by atoms with E-state index in [9.17, 15) is 0 Å². The van der Waals surface area contributed by atoms with Crippen LogP contribution < -0.4 is 14.7 Å². The van der Waals surface area contributed by atoms with Gasteiger partial charge in [0.2, 0.25) is 0 Å². The first-order valence-electron chi connectivity index (χ1n) is 8.46. The zero-order valence-corrected chi connectivity index (χ0v) is 13.7. The van der Waals surface area contributed by atoms with Crippen LogP contribution >= 0.6 is 0 Å². The van der Waals surface area contributed by atoms with Crippen LogP contribution in [0.2, 0.25) is 0 Å². The molecule has 2 saturated heterocycles. The first-order chi connectivity index (χ1) is 11.9. The van der Waals surface area contributed by atoms with Crippen molar-refractivity contribution in [3.8, 4) is 0 Å². The molecular formula is C17H22N6O. The molecule has 0 unspecified atom stereocenters. The molecule has 0 bridgehead atoms. The Hall–Kier alpha value is -2.41. The molecule has 0 radical (unpaired) electrons. The van der Waals surface area contributed by atoms with Crippen LogP contribution in [0.1, 0.15) is 0 Å². The highest BCUT2D eigenvalue weighted by molar-refractivity contribution is 5.49. The average molecular weight is 326 g/mol. The zero-order valence-electron chi connectivity index (χ0n) is 13.7. The summed E-state index contributed by atoms with van der Waals surface area (Å²) in [6.07, 6.45) is 3.69. The first kappa shape index (κ1) is 15.1. The lowest BCUT2D eigenvalue weighted by Gasteiger charge is -2.36. The average Bonchev–Trinajstić information content (AvgIpc) is 2.70. The summed E-state index contributed by atoms with van der Waals surface area (Å²) in [4.78, 5) is 11.0. The second-order valence-corrected chi connectivity index (χ2v) is 6.03. The maximum atomic E-state index is 5.38. The van der Waals surface area contributed by atoms with Crippen molar-refractivity contribution in [2.75, 3.05) is 67.2 Å². The highest BCUT2D eigenvalue weighted by atomic mass is 16.5. The van der Waals surface area contributed by atoms with Gasteiger partial charge in [-0.1, -0.05) is 0 Å². The highest BCUT2D eigenvalue weighted by Crippen LogP contribution is 2.20. The van der Waals surface area contributed by atoms with Crippen LogP contribution in [0.4, 0.5) is 17.3 Å². The van der Waals surface area contributed by atoms with Crippen molar-refractivity contribution in [1.29, 1.82) is 0 Å². The van der Waals surface area contributed by atoms with Crippen LogP contribution in [0.15, 0.2) is 36.7 Å². The molecule has 7 heteroatoms. The van der Waals surface area contributed by atoms with Gasteiger partial charge in [-0.3, -0.25) is 4.98 Å². The number of hydrogen-bond acceptors (Lipinski definition) is 7. The predicted octanol–water partition coefficient (Wildman–Crippen LogP) is 1.03. The fourth-order valence-corrected chi connectivity index (χ4v) is 3.20. The summed E-state index contributed by atoms with van der Waals surface area (Å²) in [6.45, 7) is 7.17. The Morgan fingerprint density at radius 2 is 1.21 bits per heavy atom. The van der Waals surface area contributed by atoms with Crippen LogP contribution in [0.5, 0.6) is 0 Å². The molecule has 2 fully saturated rings. The monoisotopic (exact) mass is 326 g/mol. The van der Waals surface area contributed by atoms with E-state index < -0.39 is 0 Å². The number of rotatable bonds is 3. The molecule has 0 N–H and O–H groups in total. The zero-order chi connectivity index (χ0) is 16.2.